The van der Waals surface area contributed by atoms with Crippen LogP contribution in [-0.2, 0) is 9.53 Å². The van der Waals surface area contributed by atoms with Crippen molar-refractivity contribution in [2.75, 3.05) is 6.61 Å². The zero-order valence-corrected chi connectivity index (χ0v) is 9.04. The molecule has 0 unspecified atom stereocenters. The molecule has 1 amide bonds. The number of amides is 1. The predicted molar refractivity (Wildman–Crippen MR) is 57.6 cm³/mol. The van der Waals surface area contributed by atoms with Crippen LogP contribution in [-0.4, -0.2) is 18.5 Å². The summed E-state index contributed by atoms with van der Waals surface area (Å²) in [7, 11) is 0. The van der Waals surface area contributed by atoms with Crippen molar-refractivity contribution < 1.29 is 14.3 Å². The van der Waals surface area contributed by atoms with Crippen LogP contribution >= 0.6 is 11.3 Å². The van der Waals surface area contributed by atoms with Gasteiger partial charge in [0, 0.05) is 12.3 Å². The van der Waals surface area contributed by atoms with Gasteiger partial charge in [-0.15, -0.1) is 11.3 Å². The van der Waals surface area contributed by atoms with Gasteiger partial charge in [0.05, 0.1) is 11.5 Å². The summed E-state index contributed by atoms with van der Waals surface area (Å²) in [6.45, 7) is 2.04. The first-order valence-electron chi connectivity index (χ1n) is 4.41. The molecule has 0 aromatic carbocycles. The molecule has 0 aliphatic carbocycles. The van der Waals surface area contributed by atoms with E-state index in [1.165, 1.54) is 23.6 Å². The number of carbonyl (C=O) groups excluding carboxylic acids is 2. The highest BCUT2D eigenvalue weighted by atomic mass is 32.1. The molecular formula is C10H11NO3S. The fourth-order valence-corrected chi connectivity index (χ4v) is 1.48. The quantitative estimate of drug-likeness (QED) is 0.625. The zero-order valence-electron chi connectivity index (χ0n) is 8.23. The lowest BCUT2D eigenvalue weighted by Crippen LogP contribution is -2.16. The molecule has 4 nitrogen and oxygen atoms in total. The fraction of sp³-hybridized carbons (Fsp3) is 0.200. The highest BCUT2D eigenvalue weighted by Crippen LogP contribution is 2.07. The van der Waals surface area contributed by atoms with E-state index in [0.717, 1.165) is 0 Å². The van der Waals surface area contributed by atoms with E-state index in [1.54, 1.807) is 19.1 Å². The third-order valence-electron chi connectivity index (χ3n) is 1.47. The molecular weight excluding hydrogens is 214 g/mol. The lowest BCUT2D eigenvalue weighted by Gasteiger charge is -1.96. The molecule has 1 heterocycles. The van der Waals surface area contributed by atoms with Gasteiger partial charge in [-0.25, -0.2) is 4.79 Å². The molecule has 0 radical (unpaired) electrons. The van der Waals surface area contributed by atoms with Crippen molar-refractivity contribution in [3.63, 3.8) is 0 Å². The van der Waals surface area contributed by atoms with Gasteiger partial charge in [0.1, 0.15) is 0 Å². The number of carbonyl (C=O) groups is 2. The number of ether oxygens (including phenoxy) is 1. The number of nitrogens with one attached hydrogen (secondary N) is 1. The largest absolute Gasteiger partial charge is 0.463 e. The summed E-state index contributed by atoms with van der Waals surface area (Å²) in [5.74, 6) is -0.700. The Morgan fingerprint density at radius 3 is 3.00 bits per heavy atom. The molecule has 1 rings (SSSR count). The fourth-order valence-electron chi connectivity index (χ4n) is 0.855. The first-order chi connectivity index (χ1) is 7.24. The summed E-state index contributed by atoms with van der Waals surface area (Å²) in [6, 6.07) is 3.49. The average molecular weight is 225 g/mol. The second-order valence-corrected chi connectivity index (χ2v) is 3.48. The minimum Gasteiger partial charge on any atom is -0.463 e. The molecule has 0 fully saturated rings. The van der Waals surface area contributed by atoms with Crippen LogP contribution in [0, 0.1) is 0 Å². The maximum absolute atomic E-state index is 11.3. The van der Waals surface area contributed by atoms with E-state index >= 15 is 0 Å². The SMILES string of the molecule is CCOC(=O)/C=C\NC(=O)c1cccs1. The Kier molecular flexibility index (Phi) is 4.56. The van der Waals surface area contributed by atoms with E-state index in [2.05, 4.69) is 10.1 Å². The zero-order chi connectivity index (χ0) is 11.1. The van der Waals surface area contributed by atoms with Gasteiger partial charge in [0.25, 0.3) is 5.91 Å². The van der Waals surface area contributed by atoms with Crippen LogP contribution in [0.3, 0.4) is 0 Å². The minimum atomic E-state index is -0.469. The normalized spacial score (nSPS) is 10.2. The monoisotopic (exact) mass is 225 g/mol. The van der Waals surface area contributed by atoms with E-state index in [-0.39, 0.29) is 5.91 Å². The first kappa shape index (κ1) is 11.5. The van der Waals surface area contributed by atoms with Crippen LogP contribution in [0.4, 0.5) is 0 Å². The van der Waals surface area contributed by atoms with Crippen LogP contribution in [0.2, 0.25) is 0 Å². The van der Waals surface area contributed by atoms with Crippen molar-refractivity contribution in [1.29, 1.82) is 0 Å². The molecule has 1 aromatic rings. The van der Waals surface area contributed by atoms with Gasteiger partial charge in [-0.3, -0.25) is 4.79 Å². The summed E-state index contributed by atoms with van der Waals surface area (Å²) in [5.41, 5.74) is 0. The van der Waals surface area contributed by atoms with E-state index in [0.29, 0.717) is 11.5 Å². The molecule has 0 spiro atoms. The van der Waals surface area contributed by atoms with Gasteiger partial charge in [-0.2, -0.15) is 0 Å². The second-order valence-electron chi connectivity index (χ2n) is 2.54. The molecule has 0 aliphatic heterocycles. The topological polar surface area (TPSA) is 55.4 Å². The Bertz CT molecular complexity index is 357. The van der Waals surface area contributed by atoms with Gasteiger partial charge in [0.15, 0.2) is 0 Å². The van der Waals surface area contributed by atoms with Crippen LogP contribution in [0.15, 0.2) is 29.8 Å². The molecule has 1 N–H and O–H groups in total. The Labute approximate surface area is 91.6 Å². The first-order valence-corrected chi connectivity index (χ1v) is 5.29. The van der Waals surface area contributed by atoms with Gasteiger partial charge in [0.2, 0.25) is 0 Å². The van der Waals surface area contributed by atoms with Gasteiger partial charge in [-0.1, -0.05) is 6.07 Å². The predicted octanol–water partition coefficient (Wildman–Crippen LogP) is 1.55. The number of hydrogen-bond acceptors (Lipinski definition) is 4. The van der Waals surface area contributed by atoms with Crippen LogP contribution in [0.5, 0.6) is 0 Å². The second kappa shape index (κ2) is 5.98. The molecule has 0 saturated heterocycles. The van der Waals surface area contributed by atoms with Crippen LogP contribution in [0.1, 0.15) is 16.6 Å². The Balaban J connectivity index is 2.37. The number of esters is 1. The summed E-state index contributed by atoms with van der Waals surface area (Å²) < 4.78 is 4.64. The summed E-state index contributed by atoms with van der Waals surface area (Å²) >= 11 is 1.34. The van der Waals surface area contributed by atoms with Gasteiger partial charge >= 0.3 is 5.97 Å². The van der Waals surface area contributed by atoms with Crippen molar-refractivity contribution in [1.82, 2.24) is 5.32 Å². The number of hydrogen-bond donors (Lipinski definition) is 1. The molecule has 15 heavy (non-hydrogen) atoms. The Morgan fingerprint density at radius 1 is 1.60 bits per heavy atom. The van der Waals surface area contributed by atoms with E-state index in [9.17, 15) is 9.59 Å². The highest BCUT2D eigenvalue weighted by molar-refractivity contribution is 7.12. The van der Waals surface area contributed by atoms with E-state index in [1.807, 2.05) is 5.38 Å². The van der Waals surface area contributed by atoms with Crippen molar-refractivity contribution >= 4 is 23.2 Å². The maximum atomic E-state index is 11.3. The lowest BCUT2D eigenvalue weighted by atomic mass is 10.4. The molecule has 0 bridgehead atoms. The van der Waals surface area contributed by atoms with Gasteiger partial charge in [-0.05, 0) is 18.4 Å². The standard InChI is InChI=1S/C10H11NO3S/c1-2-14-9(12)5-6-11-10(13)8-4-3-7-15-8/h3-7H,2H2,1H3,(H,11,13)/b6-5-. The third-order valence-corrected chi connectivity index (χ3v) is 2.33. The lowest BCUT2D eigenvalue weighted by molar-refractivity contribution is -0.137. The van der Waals surface area contributed by atoms with Gasteiger partial charge < -0.3 is 10.1 Å². The van der Waals surface area contributed by atoms with Crippen LogP contribution in [0.25, 0.3) is 0 Å². The third kappa shape index (κ3) is 3.95. The Morgan fingerprint density at radius 2 is 2.40 bits per heavy atom. The van der Waals surface area contributed by atoms with Crippen molar-refractivity contribution in [2.24, 2.45) is 0 Å². The molecule has 0 saturated carbocycles. The summed E-state index contributed by atoms with van der Waals surface area (Å²) in [4.78, 5) is 22.8. The number of rotatable bonds is 4. The Hall–Kier alpha value is -1.62. The highest BCUT2D eigenvalue weighted by Gasteiger charge is 2.03. The molecule has 0 aliphatic rings. The molecule has 1 aromatic heterocycles. The number of thiophene rings is 1. The van der Waals surface area contributed by atoms with E-state index < -0.39 is 5.97 Å². The van der Waals surface area contributed by atoms with Crippen molar-refractivity contribution in [2.45, 2.75) is 6.92 Å². The molecule has 0 atom stereocenters. The maximum Gasteiger partial charge on any atom is 0.332 e. The molecule has 80 valence electrons. The summed E-state index contributed by atoms with van der Waals surface area (Å²) in [6.07, 6.45) is 2.45. The smallest absolute Gasteiger partial charge is 0.332 e. The van der Waals surface area contributed by atoms with Crippen LogP contribution < -0.4 is 5.32 Å². The van der Waals surface area contributed by atoms with Crippen molar-refractivity contribution in [3.05, 3.63) is 34.7 Å². The minimum absolute atomic E-state index is 0.231. The van der Waals surface area contributed by atoms with Crippen molar-refractivity contribution in [3.8, 4) is 0 Å². The molecule has 5 heteroatoms. The average Bonchev–Trinajstić information content (AvgIpc) is 2.70. The van der Waals surface area contributed by atoms with E-state index in [4.69, 9.17) is 0 Å². The summed E-state index contributed by atoms with van der Waals surface area (Å²) in [5, 5.41) is 4.27.